The van der Waals surface area contributed by atoms with E-state index in [0.717, 1.165) is 6.42 Å². The van der Waals surface area contributed by atoms with E-state index in [1.54, 1.807) is 6.08 Å². The quantitative estimate of drug-likeness (QED) is 0.816. The molecule has 1 aromatic heterocycles. The Hall–Kier alpha value is -0.870. The first-order valence-corrected chi connectivity index (χ1v) is 3.99. The number of rotatable bonds is 3. The van der Waals surface area contributed by atoms with Crippen LogP contribution in [0.4, 0.5) is 0 Å². The van der Waals surface area contributed by atoms with Crippen LogP contribution in [0.5, 0.6) is 0 Å². The highest BCUT2D eigenvalue weighted by molar-refractivity contribution is 5.85. The maximum absolute atomic E-state index is 5.55. The van der Waals surface area contributed by atoms with Crippen molar-refractivity contribution in [2.24, 2.45) is 5.73 Å². The molecular formula is C8H14ClN3O. The Kier molecular flexibility index (Phi) is 5.34. The van der Waals surface area contributed by atoms with Gasteiger partial charge >= 0.3 is 0 Å². The number of hydrogen-bond acceptors (Lipinski definition) is 4. The lowest BCUT2D eigenvalue weighted by molar-refractivity contribution is 0.399. The minimum absolute atomic E-state index is 0. The summed E-state index contributed by atoms with van der Waals surface area (Å²) in [6.07, 6.45) is 4.70. The average Bonchev–Trinajstić information content (AvgIpc) is 2.48. The van der Waals surface area contributed by atoms with Crippen LogP contribution in [0.3, 0.4) is 0 Å². The van der Waals surface area contributed by atoms with Crippen LogP contribution in [0.2, 0.25) is 0 Å². The molecule has 0 aliphatic heterocycles. The zero-order chi connectivity index (χ0) is 8.97. The van der Waals surface area contributed by atoms with Gasteiger partial charge in [0.05, 0.1) is 6.04 Å². The van der Waals surface area contributed by atoms with Crippen molar-refractivity contribution in [1.82, 2.24) is 10.1 Å². The van der Waals surface area contributed by atoms with Crippen molar-refractivity contribution >= 4 is 18.5 Å². The highest BCUT2D eigenvalue weighted by Crippen LogP contribution is 2.06. The molecule has 2 N–H and O–H groups in total. The Labute approximate surface area is 83.6 Å². The van der Waals surface area contributed by atoms with Crippen molar-refractivity contribution in [3.63, 3.8) is 0 Å². The third-order valence-electron chi connectivity index (χ3n) is 1.36. The largest absolute Gasteiger partial charge is 0.335 e. The van der Waals surface area contributed by atoms with E-state index in [1.807, 2.05) is 19.9 Å². The Morgan fingerprint density at radius 3 is 2.77 bits per heavy atom. The Morgan fingerprint density at radius 1 is 1.62 bits per heavy atom. The van der Waals surface area contributed by atoms with Gasteiger partial charge in [-0.15, -0.1) is 12.4 Å². The maximum Gasteiger partial charge on any atom is 0.250 e. The molecule has 0 saturated heterocycles. The van der Waals surface area contributed by atoms with Crippen molar-refractivity contribution in [2.75, 3.05) is 0 Å². The molecule has 0 aromatic carbocycles. The first kappa shape index (κ1) is 12.1. The van der Waals surface area contributed by atoms with Gasteiger partial charge in [0.2, 0.25) is 5.89 Å². The molecule has 1 heterocycles. The molecule has 5 heteroatoms. The topological polar surface area (TPSA) is 64.9 Å². The number of aromatic nitrogens is 2. The number of allylic oxidation sites excluding steroid dienone is 1. The van der Waals surface area contributed by atoms with E-state index in [0.29, 0.717) is 11.7 Å². The minimum atomic E-state index is -0.169. The molecule has 1 aromatic rings. The van der Waals surface area contributed by atoms with Crippen molar-refractivity contribution in [3.05, 3.63) is 17.8 Å². The second-order valence-corrected chi connectivity index (χ2v) is 2.59. The molecule has 0 radical (unpaired) electrons. The summed E-state index contributed by atoms with van der Waals surface area (Å²) >= 11 is 0. The van der Waals surface area contributed by atoms with Gasteiger partial charge in [-0.05, 0) is 19.4 Å². The van der Waals surface area contributed by atoms with Gasteiger partial charge < -0.3 is 10.3 Å². The van der Waals surface area contributed by atoms with Crippen LogP contribution in [0, 0.1) is 0 Å². The maximum atomic E-state index is 5.55. The molecule has 0 saturated carbocycles. The molecule has 0 bridgehead atoms. The van der Waals surface area contributed by atoms with Crippen LogP contribution in [0.1, 0.15) is 38.0 Å². The van der Waals surface area contributed by atoms with E-state index in [1.165, 1.54) is 0 Å². The van der Waals surface area contributed by atoms with E-state index in [9.17, 15) is 0 Å². The molecule has 13 heavy (non-hydrogen) atoms. The Balaban J connectivity index is 0.00000144. The summed E-state index contributed by atoms with van der Waals surface area (Å²) in [5, 5.41) is 3.71. The van der Waals surface area contributed by atoms with Crippen LogP contribution in [-0.4, -0.2) is 10.1 Å². The fourth-order valence-electron chi connectivity index (χ4n) is 0.719. The smallest absolute Gasteiger partial charge is 0.250 e. The Bertz CT molecular complexity index is 270. The van der Waals surface area contributed by atoms with Gasteiger partial charge in [0.1, 0.15) is 0 Å². The highest BCUT2D eigenvalue weighted by Gasteiger charge is 2.06. The molecule has 0 amide bonds. The molecular weight excluding hydrogens is 190 g/mol. The second kappa shape index (κ2) is 5.72. The fraction of sp³-hybridized carbons (Fsp3) is 0.500. The lowest BCUT2D eigenvalue weighted by Gasteiger charge is -1.92. The van der Waals surface area contributed by atoms with Crippen LogP contribution in [0.25, 0.3) is 6.08 Å². The highest BCUT2D eigenvalue weighted by atomic mass is 35.5. The van der Waals surface area contributed by atoms with Gasteiger partial charge in [0.25, 0.3) is 0 Å². The predicted molar refractivity (Wildman–Crippen MR) is 53.5 cm³/mol. The Morgan fingerprint density at radius 2 is 2.31 bits per heavy atom. The number of hydrogen-bond donors (Lipinski definition) is 1. The summed E-state index contributed by atoms with van der Waals surface area (Å²) in [6.45, 7) is 3.86. The lowest BCUT2D eigenvalue weighted by Crippen LogP contribution is -2.06. The fourth-order valence-corrected chi connectivity index (χ4v) is 0.719. The summed E-state index contributed by atoms with van der Waals surface area (Å²) in [6, 6.07) is -0.169. The summed E-state index contributed by atoms with van der Waals surface area (Å²) in [5.74, 6) is 1.06. The third-order valence-corrected chi connectivity index (χ3v) is 1.36. The second-order valence-electron chi connectivity index (χ2n) is 2.59. The molecule has 1 unspecified atom stereocenters. The number of nitrogens with two attached hydrogens (primary N) is 1. The number of halogens is 1. The summed E-state index contributed by atoms with van der Waals surface area (Å²) in [4.78, 5) is 4.06. The van der Waals surface area contributed by atoms with Crippen molar-refractivity contribution in [2.45, 2.75) is 26.3 Å². The van der Waals surface area contributed by atoms with Gasteiger partial charge in [-0.3, -0.25) is 0 Å². The molecule has 74 valence electrons. The SMILES string of the molecule is CC/C=C/c1nc(C(C)N)no1.Cl. The van der Waals surface area contributed by atoms with E-state index in [-0.39, 0.29) is 18.4 Å². The first-order chi connectivity index (χ1) is 5.74. The van der Waals surface area contributed by atoms with Crippen LogP contribution >= 0.6 is 12.4 Å². The molecule has 0 spiro atoms. The zero-order valence-corrected chi connectivity index (χ0v) is 8.54. The molecule has 1 atom stereocenters. The van der Waals surface area contributed by atoms with E-state index in [4.69, 9.17) is 10.3 Å². The van der Waals surface area contributed by atoms with Crippen LogP contribution in [0.15, 0.2) is 10.6 Å². The van der Waals surface area contributed by atoms with Gasteiger partial charge in [0, 0.05) is 0 Å². The third kappa shape index (κ3) is 3.57. The summed E-state index contributed by atoms with van der Waals surface area (Å²) < 4.78 is 4.90. The van der Waals surface area contributed by atoms with Crippen molar-refractivity contribution in [1.29, 1.82) is 0 Å². The van der Waals surface area contributed by atoms with E-state index >= 15 is 0 Å². The standard InChI is InChI=1S/C8H13N3O.ClH/c1-3-4-5-7-10-8(6(2)9)11-12-7;/h4-6H,3,9H2,1-2H3;1H/b5-4+;. The molecule has 1 rings (SSSR count). The van der Waals surface area contributed by atoms with Crippen molar-refractivity contribution in [3.8, 4) is 0 Å². The zero-order valence-electron chi connectivity index (χ0n) is 7.73. The first-order valence-electron chi connectivity index (χ1n) is 3.99. The molecule has 0 aliphatic carbocycles. The van der Waals surface area contributed by atoms with Gasteiger partial charge in [-0.25, -0.2) is 0 Å². The van der Waals surface area contributed by atoms with Crippen molar-refractivity contribution < 1.29 is 4.52 Å². The van der Waals surface area contributed by atoms with E-state index < -0.39 is 0 Å². The monoisotopic (exact) mass is 203 g/mol. The van der Waals surface area contributed by atoms with Crippen LogP contribution < -0.4 is 5.73 Å². The van der Waals surface area contributed by atoms with Gasteiger partial charge in [-0.1, -0.05) is 18.2 Å². The lowest BCUT2D eigenvalue weighted by atomic mass is 10.3. The van der Waals surface area contributed by atoms with Crippen LogP contribution in [-0.2, 0) is 0 Å². The van der Waals surface area contributed by atoms with Gasteiger partial charge in [-0.2, -0.15) is 4.98 Å². The predicted octanol–water partition coefficient (Wildman–Crippen LogP) is 1.93. The number of nitrogens with zero attached hydrogens (tertiary/aromatic N) is 2. The average molecular weight is 204 g/mol. The van der Waals surface area contributed by atoms with E-state index in [2.05, 4.69) is 10.1 Å². The minimum Gasteiger partial charge on any atom is -0.335 e. The molecule has 0 fully saturated rings. The summed E-state index contributed by atoms with van der Waals surface area (Å²) in [5.41, 5.74) is 5.55. The molecule has 0 aliphatic rings. The normalized spacial score (nSPS) is 12.8. The summed E-state index contributed by atoms with van der Waals surface area (Å²) in [7, 11) is 0. The molecule has 4 nitrogen and oxygen atoms in total. The van der Waals surface area contributed by atoms with Gasteiger partial charge in [0.15, 0.2) is 5.82 Å².